The molecular formula is C15H11F2N3O3S. The van der Waals surface area contributed by atoms with Gasteiger partial charge in [0.15, 0.2) is 16.7 Å². The summed E-state index contributed by atoms with van der Waals surface area (Å²) in [5.41, 5.74) is 2.50. The summed E-state index contributed by atoms with van der Waals surface area (Å²) in [5.74, 6) is 0.00968. The van der Waals surface area contributed by atoms with Gasteiger partial charge in [0.25, 0.3) is 0 Å². The molecule has 3 aromatic rings. The number of aryl methyl sites for hydroxylation is 1. The molecule has 1 atom stereocenters. The summed E-state index contributed by atoms with van der Waals surface area (Å²) >= 11 is 0. The summed E-state index contributed by atoms with van der Waals surface area (Å²) in [7, 11) is -1.45. The highest BCUT2D eigenvalue weighted by Crippen LogP contribution is 2.42. The van der Waals surface area contributed by atoms with Gasteiger partial charge in [0.2, 0.25) is 0 Å². The number of aromatic nitrogens is 3. The molecule has 24 heavy (non-hydrogen) atoms. The van der Waals surface area contributed by atoms with Crippen molar-refractivity contribution in [1.29, 1.82) is 0 Å². The van der Waals surface area contributed by atoms with Crippen molar-refractivity contribution in [1.82, 2.24) is 15.0 Å². The number of alkyl halides is 2. The van der Waals surface area contributed by atoms with Gasteiger partial charge in [0.05, 0.1) is 33.3 Å². The third-order valence-corrected chi connectivity index (χ3v) is 4.63. The maximum absolute atomic E-state index is 13.0. The van der Waals surface area contributed by atoms with Crippen LogP contribution in [-0.2, 0) is 16.6 Å². The van der Waals surface area contributed by atoms with Crippen molar-refractivity contribution >= 4 is 21.8 Å². The molecule has 0 fully saturated rings. The monoisotopic (exact) mass is 351 g/mol. The molecule has 1 N–H and O–H groups in total. The van der Waals surface area contributed by atoms with Gasteiger partial charge in [-0.2, -0.15) is 0 Å². The van der Waals surface area contributed by atoms with Crippen LogP contribution in [0.25, 0.3) is 11.0 Å². The molecule has 0 saturated carbocycles. The van der Waals surface area contributed by atoms with Crippen LogP contribution in [0.5, 0.6) is 11.5 Å². The Morgan fingerprint density at radius 2 is 2.00 bits per heavy atom. The van der Waals surface area contributed by atoms with Gasteiger partial charge in [-0.3, -0.25) is 9.19 Å². The number of halogens is 2. The van der Waals surface area contributed by atoms with E-state index < -0.39 is 17.1 Å². The minimum Gasteiger partial charge on any atom is -0.395 e. The van der Waals surface area contributed by atoms with Crippen LogP contribution in [-0.4, -0.2) is 25.5 Å². The lowest BCUT2D eigenvalue weighted by molar-refractivity contribution is -0.286. The fraction of sp³-hybridized carbons (Fsp3) is 0.200. The highest BCUT2D eigenvalue weighted by atomic mass is 32.2. The molecule has 1 unspecified atom stereocenters. The highest BCUT2D eigenvalue weighted by molar-refractivity contribution is 7.84. The fourth-order valence-corrected chi connectivity index (χ4v) is 3.33. The van der Waals surface area contributed by atoms with Crippen molar-refractivity contribution < 1.29 is 22.5 Å². The van der Waals surface area contributed by atoms with Crippen molar-refractivity contribution in [2.45, 2.75) is 24.1 Å². The number of benzene rings is 1. The number of pyridine rings is 1. The van der Waals surface area contributed by atoms with Gasteiger partial charge in [-0.25, -0.2) is 4.98 Å². The lowest BCUT2D eigenvalue weighted by atomic mass is 10.3. The third kappa shape index (κ3) is 2.71. The molecule has 0 radical (unpaired) electrons. The number of ether oxygens (including phenoxy) is 2. The summed E-state index contributed by atoms with van der Waals surface area (Å²) < 4.78 is 47.3. The minimum absolute atomic E-state index is 0.0892. The second-order valence-electron chi connectivity index (χ2n) is 5.34. The Kier molecular flexibility index (Phi) is 3.27. The van der Waals surface area contributed by atoms with E-state index in [9.17, 15) is 13.0 Å². The number of aromatic amines is 1. The normalized spacial score (nSPS) is 16.5. The second kappa shape index (κ2) is 5.23. The number of hydrogen-bond acceptors (Lipinski definition) is 5. The lowest BCUT2D eigenvalue weighted by Crippen LogP contribution is -2.25. The van der Waals surface area contributed by atoms with E-state index in [0.717, 1.165) is 5.56 Å². The Morgan fingerprint density at radius 1 is 1.25 bits per heavy atom. The second-order valence-corrected chi connectivity index (χ2v) is 6.71. The topological polar surface area (TPSA) is 77.1 Å². The zero-order valence-electron chi connectivity index (χ0n) is 12.4. The number of nitrogens with one attached hydrogen (secondary N) is 1. The van der Waals surface area contributed by atoms with Gasteiger partial charge < -0.3 is 14.5 Å². The summed E-state index contributed by atoms with van der Waals surface area (Å²) in [4.78, 5) is 11.3. The smallest absolute Gasteiger partial charge is 0.395 e. The number of rotatable bonds is 3. The molecule has 0 amide bonds. The Morgan fingerprint density at radius 3 is 2.71 bits per heavy atom. The molecule has 9 heteroatoms. The number of hydrogen-bond donors (Lipinski definition) is 1. The molecule has 1 aromatic carbocycles. The lowest BCUT2D eigenvalue weighted by Gasteiger charge is -2.04. The number of nitrogens with zero attached hydrogens (tertiary/aromatic N) is 2. The zero-order chi connectivity index (χ0) is 16.9. The molecule has 3 heterocycles. The van der Waals surface area contributed by atoms with Crippen molar-refractivity contribution in [2.75, 3.05) is 0 Å². The van der Waals surface area contributed by atoms with Gasteiger partial charge in [-0.1, -0.05) is 6.07 Å². The van der Waals surface area contributed by atoms with Gasteiger partial charge in [0.1, 0.15) is 0 Å². The molecule has 1 aliphatic heterocycles. The molecule has 2 aromatic heterocycles. The average Bonchev–Trinajstić information content (AvgIpc) is 3.04. The molecule has 0 saturated heterocycles. The van der Waals surface area contributed by atoms with Crippen LogP contribution in [0.15, 0.2) is 35.6 Å². The summed E-state index contributed by atoms with van der Waals surface area (Å²) in [6.07, 6.45) is -1.98. The van der Waals surface area contributed by atoms with Crippen LogP contribution in [0.2, 0.25) is 0 Å². The predicted molar refractivity (Wildman–Crippen MR) is 81.4 cm³/mol. The van der Waals surface area contributed by atoms with Crippen LogP contribution in [0.1, 0.15) is 11.3 Å². The number of fused-ring (bicyclic) bond motifs is 2. The van der Waals surface area contributed by atoms with Crippen LogP contribution in [0, 0.1) is 6.92 Å². The van der Waals surface area contributed by atoms with E-state index in [1.807, 2.05) is 13.0 Å². The number of imidazole rings is 1. The van der Waals surface area contributed by atoms with Gasteiger partial charge in [0, 0.05) is 18.3 Å². The first-order chi connectivity index (χ1) is 11.4. The third-order valence-electron chi connectivity index (χ3n) is 3.45. The molecule has 0 spiro atoms. The van der Waals surface area contributed by atoms with Gasteiger partial charge in [-0.15, -0.1) is 8.78 Å². The summed E-state index contributed by atoms with van der Waals surface area (Å²) in [6.45, 7) is 1.92. The molecule has 0 bridgehead atoms. The first-order valence-corrected chi connectivity index (χ1v) is 8.31. The average molecular weight is 351 g/mol. The molecule has 1 aliphatic rings. The minimum atomic E-state index is -3.68. The molecule has 124 valence electrons. The van der Waals surface area contributed by atoms with Crippen molar-refractivity contribution in [3.8, 4) is 11.5 Å². The fourth-order valence-electron chi connectivity index (χ4n) is 2.33. The van der Waals surface area contributed by atoms with Crippen molar-refractivity contribution in [3.63, 3.8) is 0 Å². The van der Waals surface area contributed by atoms with E-state index in [1.165, 1.54) is 12.1 Å². The highest BCUT2D eigenvalue weighted by Gasteiger charge is 2.43. The quantitative estimate of drug-likeness (QED) is 0.785. The predicted octanol–water partition coefficient (Wildman–Crippen LogP) is 2.90. The largest absolute Gasteiger partial charge is 0.586 e. The van der Waals surface area contributed by atoms with Gasteiger partial charge >= 0.3 is 6.29 Å². The van der Waals surface area contributed by atoms with Gasteiger partial charge in [-0.05, 0) is 18.6 Å². The Bertz CT molecular complexity index is 912. The molecule has 0 aliphatic carbocycles. The van der Waals surface area contributed by atoms with Crippen LogP contribution in [0.3, 0.4) is 0 Å². The van der Waals surface area contributed by atoms with E-state index >= 15 is 0 Å². The molecule has 4 rings (SSSR count). The Labute approximate surface area is 137 Å². The van der Waals surface area contributed by atoms with E-state index in [4.69, 9.17) is 0 Å². The van der Waals surface area contributed by atoms with Crippen LogP contribution >= 0.6 is 0 Å². The van der Waals surface area contributed by atoms with E-state index in [-0.39, 0.29) is 22.4 Å². The standard InChI is InChI=1S/C15H11F2N3O3S/c1-8-2-3-9(18-6-8)7-24(21)14-19-10-4-12-13(5-11(10)20-14)23-15(16,17)22-12/h2-6H,7H2,1H3,(H,19,20). The van der Waals surface area contributed by atoms with E-state index in [0.29, 0.717) is 16.7 Å². The maximum Gasteiger partial charge on any atom is 0.586 e. The Balaban J connectivity index is 1.62. The maximum atomic E-state index is 13.0. The molecule has 6 nitrogen and oxygen atoms in total. The van der Waals surface area contributed by atoms with E-state index in [2.05, 4.69) is 24.4 Å². The first-order valence-electron chi connectivity index (χ1n) is 6.99. The van der Waals surface area contributed by atoms with Crippen molar-refractivity contribution in [3.05, 3.63) is 41.7 Å². The van der Waals surface area contributed by atoms with Crippen LogP contribution in [0.4, 0.5) is 8.78 Å². The van der Waals surface area contributed by atoms with E-state index in [1.54, 1.807) is 12.3 Å². The summed E-state index contributed by atoms with van der Waals surface area (Å²) in [6, 6.07) is 6.36. The first kappa shape index (κ1) is 15.0. The SMILES string of the molecule is Cc1ccc(CS(=O)c2nc3cc4c(cc3[nH]2)OC(F)(F)O4)nc1. The van der Waals surface area contributed by atoms with Crippen molar-refractivity contribution in [2.24, 2.45) is 0 Å². The molecular weight excluding hydrogens is 340 g/mol. The zero-order valence-corrected chi connectivity index (χ0v) is 13.2. The number of H-pyrrole nitrogens is 1. The summed E-state index contributed by atoms with van der Waals surface area (Å²) in [5, 5.41) is 0.239. The Hall–Kier alpha value is -2.55. The van der Waals surface area contributed by atoms with Crippen LogP contribution < -0.4 is 9.47 Å².